The molecule has 1 heterocycles. The fourth-order valence-electron chi connectivity index (χ4n) is 1.40. The molecule has 1 aromatic heterocycles. The summed E-state index contributed by atoms with van der Waals surface area (Å²) in [5.41, 5.74) is 1.95. The van der Waals surface area contributed by atoms with Crippen molar-refractivity contribution in [3.8, 4) is 0 Å². The standard InChI is InChI=1S/C11H10ClFN2/c1-7-6-14-11(15-7)5-8-2-3-10(13)9(12)4-8/h2-4,6H,5H2,1H3,(H,14,15). The highest BCUT2D eigenvalue weighted by atomic mass is 35.5. The number of rotatable bonds is 2. The average Bonchev–Trinajstić information content (AvgIpc) is 2.58. The summed E-state index contributed by atoms with van der Waals surface area (Å²) in [7, 11) is 0. The van der Waals surface area contributed by atoms with Gasteiger partial charge in [-0.2, -0.15) is 0 Å². The largest absolute Gasteiger partial charge is 0.346 e. The van der Waals surface area contributed by atoms with Crippen LogP contribution in [0.5, 0.6) is 0 Å². The van der Waals surface area contributed by atoms with Crippen LogP contribution in [-0.4, -0.2) is 9.97 Å². The molecule has 0 saturated carbocycles. The normalized spacial score (nSPS) is 10.6. The van der Waals surface area contributed by atoms with E-state index in [1.165, 1.54) is 6.07 Å². The Morgan fingerprint density at radius 3 is 2.87 bits per heavy atom. The van der Waals surface area contributed by atoms with Gasteiger partial charge in [-0.3, -0.25) is 0 Å². The van der Waals surface area contributed by atoms with Crippen molar-refractivity contribution in [2.75, 3.05) is 0 Å². The van der Waals surface area contributed by atoms with Gasteiger partial charge in [0, 0.05) is 18.3 Å². The molecule has 1 aromatic carbocycles. The van der Waals surface area contributed by atoms with Crippen LogP contribution in [-0.2, 0) is 6.42 Å². The number of aromatic nitrogens is 2. The molecule has 0 aliphatic carbocycles. The van der Waals surface area contributed by atoms with Crippen LogP contribution < -0.4 is 0 Å². The Labute approximate surface area is 92.1 Å². The van der Waals surface area contributed by atoms with Crippen LogP contribution in [0.2, 0.25) is 5.02 Å². The smallest absolute Gasteiger partial charge is 0.141 e. The number of hydrogen-bond donors (Lipinski definition) is 1. The molecule has 2 aromatic rings. The summed E-state index contributed by atoms with van der Waals surface area (Å²) in [5, 5.41) is 0.149. The van der Waals surface area contributed by atoms with Gasteiger partial charge in [0.15, 0.2) is 0 Å². The second-order valence-electron chi connectivity index (χ2n) is 3.44. The Morgan fingerprint density at radius 2 is 2.27 bits per heavy atom. The Hall–Kier alpha value is -1.35. The molecule has 0 amide bonds. The molecule has 0 aliphatic heterocycles. The summed E-state index contributed by atoms with van der Waals surface area (Å²) >= 11 is 5.68. The van der Waals surface area contributed by atoms with Gasteiger partial charge in [0.2, 0.25) is 0 Å². The molecule has 15 heavy (non-hydrogen) atoms. The van der Waals surface area contributed by atoms with E-state index in [2.05, 4.69) is 9.97 Å². The van der Waals surface area contributed by atoms with Crippen LogP contribution in [0, 0.1) is 12.7 Å². The van der Waals surface area contributed by atoms with Crippen molar-refractivity contribution < 1.29 is 4.39 Å². The van der Waals surface area contributed by atoms with Crippen LogP contribution in [0.1, 0.15) is 17.1 Å². The minimum Gasteiger partial charge on any atom is -0.346 e. The molecule has 0 atom stereocenters. The Morgan fingerprint density at radius 1 is 1.47 bits per heavy atom. The maximum absolute atomic E-state index is 12.9. The molecule has 0 radical (unpaired) electrons. The third-order valence-corrected chi connectivity index (χ3v) is 2.40. The molecule has 0 fully saturated rings. The molecule has 2 rings (SSSR count). The first-order valence-corrected chi connectivity index (χ1v) is 4.97. The van der Waals surface area contributed by atoms with Gasteiger partial charge < -0.3 is 4.98 Å². The zero-order valence-electron chi connectivity index (χ0n) is 8.22. The molecule has 0 bridgehead atoms. The number of hydrogen-bond acceptors (Lipinski definition) is 1. The molecule has 1 N–H and O–H groups in total. The molecule has 0 spiro atoms. The van der Waals surface area contributed by atoms with Gasteiger partial charge in [-0.25, -0.2) is 9.37 Å². The fourth-order valence-corrected chi connectivity index (χ4v) is 1.60. The number of aryl methyl sites for hydroxylation is 1. The molecule has 78 valence electrons. The maximum atomic E-state index is 12.9. The van der Waals surface area contributed by atoms with Crippen LogP contribution in [0.4, 0.5) is 4.39 Å². The summed E-state index contributed by atoms with van der Waals surface area (Å²) in [4.78, 5) is 7.28. The number of nitrogens with zero attached hydrogens (tertiary/aromatic N) is 1. The van der Waals surface area contributed by atoms with Crippen LogP contribution >= 0.6 is 11.6 Å². The zero-order valence-corrected chi connectivity index (χ0v) is 8.98. The zero-order chi connectivity index (χ0) is 10.8. The number of imidazole rings is 1. The third kappa shape index (κ3) is 2.36. The summed E-state index contributed by atoms with van der Waals surface area (Å²) < 4.78 is 12.9. The SMILES string of the molecule is Cc1cnc(Cc2ccc(F)c(Cl)c2)[nH]1. The van der Waals surface area contributed by atoms with E-state index in [9.17, 15) is 4.39 Å². The molecule has 0 aliphatic rings. The number of nitrogens with one attached hydrogen (secondary N) is 1. The van der Waals surface area contributed by atoms with E-state index in [4.69, 9.17) is 11.6 Å². The molecular formula is C11H10ClFN2. The van der Waals surface area contributed by atoms with E-state index in [0.29, 0.717) is 6.42 Å². The number of H-pyrrole nitrogens is 1. The Kier molecular flexibility index (Phi) is 2.73. The first kappa shape index (κ1) is 10.2. The molecular weight excluding hydrogens is 215 g/mol. The molecule has 0 unspecified atom stereocenters. The van der Waals surface area contributed by atoms with Gasteiger partial charge in [-0.1, -0.05) is 17.7 Å². The van der Waals surface area contributed by atoms with Crippen LogP contribution in [0.3, 0.4) is 0 Å². The van der Waals surface area contributed by atoms with Crippen LogP contribution in [0.25, 0.3) is 0 Å². The lowest BCUT2D eigenvalue weighted by molar-refractivity contribution is 0.627. The monoisotopic (exact) mass is 224 g/mol. The second kappa shape index (κ2) is 4.03. The average molecular weight is 225 g/mol. The Balaban J connectivity index is 2.21. The van der Waals surface area contributed by atoms with Gasteiger partial charge in [0.1, 0.15) is 11.6 Å². The molecule has 0 saturated heterocycles. The van der Waals surface area contributed by atoms with Crippen LogP contribution in [0.15, 0.2) is 24.4 Å². The van der Waals surface area contributed by atoms with Crippen molar-refractivity contribution in [1.29, 1.82) is 0 Å². The predicted octanol–water partition coefficient (Wildman–Crippen LogP) is 3.10. The van der Waals surface area contributed by atoms with Gasteiger partial charge in [0.05, 0.1) is 5.02 Å². The van der Waals surface area contributed by atoms with E-state index in [-0.39, 0.29) is 5.02 Å². The topological polar surface area (TPSA) is 28.7 Å². The van der Waals surface area contributed by atoms with Gasteiger partial charge in [-0.15, -0.1) is 0 Å². The van der Waals surface area contributed by atoms with Crippen molar-refractivity contribution in [3.05, 3.63) is 52.3 Å². The fraction of sp³-hybridized carbons (Fsp3) is 0.182. The van der Waals surface area contributed by atoms with Crippen molar-refractivity contribution in [3.63, 3.8) is 0 Å². The summed E-state index contributed by atoms with van der Waals surface area (Å²) in [6.07, 6.45) is 2.40. The van der Waals surface area contributed by atoms with Crippen molar-refractivity contribution in [2.24, 2.45) is 0 Å². The van der Waals surface area contributed by atoms with E-state index in [1.54, 1.807) is 18.3 Å². The minimum atomic E-state index is -0.393. The highest BCUT2D eigenvalue weighted by Gasteiger charge is 2.03. The lowest BCUT2D eigenvalue weighted by atomic mass is 10.1. The summed E-state index contributed by atoms with van der Waals surface area (Å²) in [5.74, 6) is 0.464. The third-order valence-electron chi connectivity index (χ3n) is 2.11. The maximum Gasteiger partial charge on any atom is 0.141 e. The highest BCUT2D eigenvalue weighted by molar-refractivity contribution is 6.30. The van der Waals surface area contributed by atoms with Crippen molar-refractivity contribution in [1.82, 2.24) is 9.97 Å². The number of halogens is 2. The molecule has 4 heteroatoms. The quantitative estimate of drug-likeness (QED) is 0.834. The van der Waals surface area contributed by atoms with Gasteiger partial charge in [0.25, 0.3) is 0 Å². The van der Waals surface area contributed by atoms with Crippen molar-refractivity contribution >= 4 is 11.6 Å². The summed E-state index contributed by atoms with van der Waals surface area (Å²) in [6, 6.07) is 4.70. The van der Waals surface area contributed by atoms with Gasteiger partial charge in [-0.05, 0) is 24.6 Å². The second-order valence-corrected chi connectivity index (χ2v) is 3.85. The summed E-state index contributed by atoms with van der Waals surface area (Å²) in [6.45, 7) is 1.94. The minimum absolute atomic E-state index is 0.149. The lowest BCUT2D eigenvalue weighted by Crippen LogP contribution is -1.91. The number of benzene rings is 1. The Bertz CT molecular complexity index is 479. The first-order valence-electron chi connectivity index (χ1n) is 4.59. The van der Waals surface area contributed by atoms with Gasteiger partial charge >= 0.3 is 0 Å². The molecule has 2 nitrogen and oxygen atoms in total. The first-order chi connectivity index (χ1) is 7.15. The highest BCUT2D eigenvalue weighted by Crippen LogP contribution is 2.17. The lowest BCUT2D eigenvalue weighted by Gasteiger charge is -2.00. The van der Waals surface area contributed by atoms with E-state index in [1.807, 2.05) is 6.92 Å². The van der Waals surface area contributed by atoms with E-state index in [0.717, 1.165) is 17.1 Å². The number of aromatic amines is 1. The predicted molar refractivity (Wildman–Crippen MR) is 57.5 cm³/mol. The van der Waals surface area contributed by atoms with E-state index < -0.39 is 5.82 Å². The van der Waals surface area contributed by atoms with Crippen molar-refractivity contribution in [2.45, 2.75) is 13.3 Å². The van der Waals surface area contributed by atoms with E-state index >= 15 is 0 Å².